The summed E-state index contributed by atoms with van der Waals surface area (Å²) in [6, 6.07) is 19.8. The van der Waals surface area contributed by atoms with E-state index in [0.717, 1.165) is 0 Å². The zero-order valence-corrected chi connectivity index (χ0v) is 11.7. The molecule has 0 unspecified atom stereocenters. The predicted octanol–water partition coefficient (Wildman–Crippen LogP) is 5.43. The van der Waals surface area contributed by atoms with Gasteiger partial charge in [-0.1, -0.05) is 54.1 Å². The molecule has 0 aliphatic heterocycles. The van der Waals surface area contributed by atoms with Crippen molar-refractivity contribution in [2.45, 2.75) is 20.8 Å². The molecule has 19 heavy (non-hydrogen) atoms. The molecular weight excluding hydrogens is 228 g/mol. The largest absolute Gasteiger partial charge is 0.0616 e. The lowest BCUT2D eigenvalue weighted by Gasteiger charge is -2.12. The molecule has 0 bridgehead atoms. The summed E-state index contributed by atoms with van der Waals surface area (Å²) in [6.07, 6.45) is 0. The van der Waals surface area contributed by atoms with Crippen LogP contribution in [0, 0.1) is 20.8 Å². The third-order valence-electron chi connectivity index (χ3n) is 3.76. The summed E-state index contributed by atoms with van der Waals surface area (Å²) in [7, 11) is 0. The van der Waals surface area contributed by atoms with Gasteiger partial charge in [0.25, 0.3) is 0 Å². The Morgan fingerprint density at radius 1 is 0.579 bits per heavy atom. The average molecular weight is 246 g/mol. The van der Waals surface area contributed by atoms with E-state index in [0.29, 0.717) is 0 Å². The van der Waals surface area contributed by atoms with Crippen LogP contribution < -0.4 is 0 Å². The number of fused-ring (bicyclic) bond motifs is 1. The fourth-order valence-electron chi connectivity index (χ4n) is 2.76. The maximum absolute atomic E-state index is 2.31. The van der Waals surface area contributed by atoms with Gasteiger partial charge in [0, 0.05) is 0 Å². The molecule has 0 heteroatoms. The van der Waals surface area contributed by atoms with Gasteiger partial charge in [-0.15, -0.1) is 0 Å². The standard InChI is InChI=1S/C19H18/c1-13-8-9-18(14(2)10-13)19-12-17-7-5-4-6-16(17)11-15(19)3/h4-12H,1-3H3. The maximum Gasteiger partial charge on any atom is -0.0146 e. The van der Waals surface area contributed by atoms with E-state index in [1.807, 2.05) is 0 Å². The Balaban J connectivity index is 2.27. The van der Waals surface area contributed by atoms with Gasteiger partial charge in [0.1, 0.15) is 0 Å². The van der Waals surface area contributed by atoms with Gasteiger partial charge in [-0.3, -0.25) is 0 Å². The van der Waals surface area contributed by atoms with Crippen LogP contribution in [0.4, 0.5) is 0 Å². The van der Waals surface area contributed by atoms with E-state index < -0.39 is 0 Å². The molecule has 0 fully saturated rings. The van der Waals surface area contributed by atoms with E-state index in [4.69, 9.17) is 0 Å². The number of aryl methyl sites for hydroxylation is 3. The van der Waals surface area contributed by atoms with Gasteiger partial charge in [-0.2, -0.15) is 0 Å². The SMILES string of the molecule is Cc1ccc(-c2cc3ccccc3cc2C)c(C)c1. The summed E-state index contributed by atoms with van der Waals surface area (Å²) >= 11 is 0. The van der Waals surface area contributed by atoms with E-state index >= 15 is 0 Å². The smallest absolute Gasteiger partial charge is 0.0146 e. The molecule has 0 amide bonds. The van der Waals surface area contributed by atoms with E-state index in [2.05, 4.69) is 75.4 Å². The summed E-state index contributed by atoms with van der Waals surface area (Å²) < 4.78 is 0. The van der Waals surface area contributed by atoms with Crippen LogP contribution in [0.1, 0.15) is 16.7 Å². The Hall–Kier alpha value is -2.08. The van der Waals surface area contributed by atoms with Crippen molar-refractivity contribution in [1.29, 1.82) is 0 Å². The van der Waals surface area contributed by atoms with Crippen LogP contribution in [0.5, 0.6) is 0 Å². The second-order valence-corrected chi connectivity index (χ2v) is 5.33. The van der Waals surface area contributed by atoms with Crippen LogP contribution in [0.3, 0.4) is 0 Å². The third kappa shape index (κ3) is 2.15. The minimum Gasteiger partial charge on any atom is -0.0616 e. The van der Waals surface area contributed by atoms with Crippen molar-refractivity contribution >= 4 is 10.8 Å². The molecule has 3 aromatic rings. The Morgan fingerprint density at radius 3 is 1.89 bits per heavy atom. The highest BCUT2D eigenvalue weighted by Gasteiger charge is 2.06. The van der Waals surface area contributed by atoms with Crippen molar-refractivity contribution in [3.63, 3.8) is 0 Å². The van der Waals surface area contributed by atoms with E-state index in [1.165, 1.54) is 38.6 Å². The zero-order valence-electron chi connectivity index (χ0n) is 11.7. The number of hydrogen-bond acceptors (Lipinski definition) is 0. The molecule has 0 heterocycles. The quantitative estimate of drug-likeness (QED) is 0.537. The monoisotopic (exact) mass is 246 g/mol. The molecule has 0 radical (unpaired) electrons. The summed E-state index contributed by atoms with van der Waals surface area (Å²) in [5.41, 5.74) is 6.69. The Labute approximate surface area is 114 Å². The van der Waals surface area contributed by atoms with Crippen molar-refractivity contribution in [3.8, 4) is 11.1 Å². The molecular formula is C19H18. The molecule has 94 valence electrons. The molecule has 3 rings (SSSR count). The minimum absolute atomic E-state index is 1.31. The van der Waals surface area contributed by atoms with Crippen molar-refractivity contribution < 1.29 is 0 Å². The van der Waals surface area contributed by atoms with E-state index in [1.54, 1.807) is 0 Å². The van der Waals surface area contributed by atoms with Gasteiger partial charge in [-0.05, 0) is 59.9 Å². The highest BCUT2D eigenvalue weighted by atomic mass is 14.1. The summed E-state index contributed by atoms with van der Waals surface area (Å²) in [6.45, 7) is 6.53. The average Bonchev–Trinajstić information content (AvgIpc) is 2.38. The number of hydrogen-bond donors (Lipinski definition) is 0. The Bertz CT molecular complexity index is 751. The van der Waals surface area contributed by atoms with Gasteiger partial charge < -0.3 is 0 Å². The van der Waals surface area contributed by atoms with Gasteiger partial charge in [0.2, 0.25) is 0 Å². The van der Waals surface area contributed by atoms with Crippen molar-refractivity contribution in [2.75, 3.05) is 0 Å². The third-order valence-corrected chi connectivity index (χ3v) is 3.76. The second kappa shape index (κ2) is 4.55. The van der Waals surface area contributed by atoms with Crippen LogP contribution in [-0.4, -0.2) is 0 Å². The number of benzene rings is 3. The molecule has 0 atom stereocenters. The fraction of sp³-hybridized carbons (Fsp3) is 0.158. The fourth-order valence-corrected chi connectivity index (χ4v) is 2.76. The Morgan fingerprint density at radius 2 is 1.21 bits per heavy atom. The molecule has 0 aliphatic carbocycles. The molecule has 0 aliphatic rings. The first kappa shape index (κ1) is 12.0. The van der Waals surface area contributed by atoms with E-state index in [9.17, 15) is 0 Å². The predicted molar refractivity (Wildman–Crippen MR) is 83.6 cm³/mol. The van der Waals surface area contributed by atoms with Crippen LogP contribution in [-0.2, 0) is 0 Å². The van der Waals surface area contributed by atoms with Crippen LogP contribution in [0.25, 0.3) is 21.9 Å². The lowest BCUT2D eigenvalue weighted by molar-refractivity contribution is 1.37. The second-order valence-electron chi connectivity index (χ2n) is 5.33. The van der Waals surface area contributed by atoms with Crippen LogP contribution in [0.2, 0.25) is 0 Å². The number of rotatable bonds is 1. The normalized spacial score (nSPS) is 10.9. The summed E-state index contributed by atoms with van der Waals surface area (Å²) in [5.74, 6) is 0. The highest BCUT2D eigenvalue weighted by molar-refractivity contribution is 5.89. The lowest BCUT2D eigenvalue weighted by atomic mass is 9.93. The van der Waals surface area contributed by atoms with Gasteiger partial charge >= 0.3 is 0 Å². The van der Waals surface area contributed by atoms with Gasteiger partial charge in [-0.25, -0.2) is 0 Å². The zero-order chi connectivity index (χ0) is 13.4. The molecule has 0 N–H and O–H groups in total. The van der Waals surface area contributed by atoms with Crippen molar-refractivity contribution in [1.82, 2.24) is 0 Å². The van der Waals surface area contributed by atoms with Crippen LogP contribution in [0.15, 0.2) is 54.6 Å². The first-order valence-electron chi connectivity index (χ1n) is 6.72. The Kier molecular flexibility index (Phi) is 2.87. The van der Waals surface area contributed by atoms with Crippen molar-refractivity contribution in [2.24, 2.45) is 0 Å². The van der Waals surface area contributed by atoms with Crippen molar-refractivity contribution in [3.05, 3.63) is 71.3 Å². The molecule has 0 saturated carbocycles. The van der Waals surface area contributed by atoms with Gasteiger partial charge in [0.15, 0.2) is 0 Å². The molecule has 0 saturated heterocycles. The summed E-state index contributed by atoms with van der Waals surface area (Å²) in [5, 5.41) is 2.62. The molecule has 0 nitrogen and oxygen atoms in total. The minimum atomic E-state index is 1.31. The first-order valence-corrected chi connectivity index (χ1v) is 6.72. The molecule has 0 aromatic heterocycles. The summed E-state index contributed by atoms with van der Waals surface area (Å²) in [4.78, 5) is 0. The lowest BCUT2D eigenvalue weighted by Crippen LogP contribution is -1.88. The first-order chi connectivity index (χ1) is 9.15. The van der Waals surface area contributed by atoms with E-state index in [-0.39, 0.29) is 0 Å². The topological polar surface area (TPSA) is 0 Å². The van der Waals surface area contributed by atoms with Gasteiger partial charge in [0.05, 0.1) is 0 Å². The maximum atomic E-state index is 2.31. The van der Waals surface area contributed by atoms with Crippen LogP contribution >= 0.6 is 0 Å². The molecule has 0 spiro atoms. The molecule has 3 aromatic carbocycles. The highest BCUT2D eigenvalue weighted by Crippen LogP contribution is 2.30.